The summed E-state index contributed by atoms with van der Waals surface area (Å²) in [5, 5.41) is 6.66. The molecular formula is C15H18N2S. The molecular weight excluding hydrogens is 240 g/mol. The fourth-order valence-corrected chi connectivity index (χ4v) is 3.64. The van der Waals surface area contributed by atoms with Crippen LogP contribution in [0.1, 0.15) is 34.2 Å². The molecule has 0 aliphatic heterocycles. The molecule has 3 rings (SSSR count). The number of aryl methyl sites for hydroxylation is 1. The maximum atomic E-state index is 4.75. The van der Waals surface area contributed by atoms with Crippen molar-refractivity contribution in [1.82, 2.24) is 10.3 Å². The lowest BCUT2D eigenvalue weighted by Gasteiger charge is -2.22. The van der Waals surface area contributed by atoms with Gasteiger partial charge in [0.15, 0.2) is 0 Å². The van der Waals surface area contributed by atoms with Gasteiger partial charge in [-0.1, -0.05) is 24.3 Å². The standard InChI is InChI=1S/C15H18N2S/c1-16-9-14-10-18-15(17-14)13-7-6-11-4-2-3-5-12(11)8-13/h2-5,10,13,16H,6-9H2,1H3. The Bertz CT molecular complexity index is 533. The van der Waals surface area contributed by atoms with Gasteiger partial charge in [-0.3, -0.25) is 0 Å². The van der Waals surface area contributed by atoms with Crippen LogP contribution in [0, 0.1) is 0 Å². The van der Waals surface area contributed by atoms with Crippen LogP contribution in [0.4, 0.5) is 0 Å². The Morgan fingerprint density at radius 3 is 3.00 bits per heavy atom. The van der Waals surface area contributed by atoms with Crippen LogP contribution in [0.5, 0.6) is 0 Å². The summed E-state index contributed by atoms with van der Waals surface area (Å²) in [6.45, 7) is 0.875. The Kier molecular flexibility index (Phi) is 3.43. The molecule has 1 aromatic heterocycles. The van der Waals surface area contributed by atoms with Crippen molar-refractivity contribution < 1.29 is 0 Å². The van der Waals surface area contributed by atoms with Gasteiger partial charge in [-0.25, -0.2) is 4.98 Å². The van der Waals surface area contributed by atoms with E-state index in [2.05, 4.69) is 35.0 Å². The molecule has 1 atom stereocenters. The van der Waals surface area contributed by atoms with Crippen molar-refractivity contribution in [1.29, 1.82) is 0 Å². The normalized spacial score (nSPS) is 18.6. The van der Waals surface area contributed by atoms with Gasteiger partial charge in [-0.05, 0) is 37.4 Å². The van der Waals surface area contributed by atoms with E-state index in [0.29, 0.717) is 5.92 Å². The van der Waals surface area contributed by atoms with Crippen molar-refractivity contribution in [3.63, 3.8) is 0 Å². The van der Waals surface area contributed by atoms with E-state index in [1.807, 2.05) is 18.4 Å². The van der Waals surface area contributed by atoms with Gasteiger partial charge in [0.25, 0.3) is 0 Å². The molecule has 2 aromatic rings. The summed E-state index contributed by atoms with van der Waals surface area (Å²) in [6, 6.07) is 8.83. The van der Waals surface area contributed by atoms with E-state index in [-0.39, 0.29) is 0 Å². The lowest BCUT2D eigenvalue weighted by molar-refractivity contribution is 0.579. The minimum absolute atomic E-state index is 0.621. The molecule has 0 spiro atoms. The zero-order chi connectivity index (χ0) is 12.4. The van der Waals surface area contributed by atoms with Gasteiger partial charge in [-0.2, -0.15) is 0 Å². The first-order valence-electron chi connectivity index (χ1n) is 6.52. The Morgan fingerprint density at radius 1 is 1.33 bits per heavy atom. The number of hydrogen-bond donors (Lipinski definition) is 1. The number of nitrogens with one attached hydrogen (secondary N) is 1. The number of hydrogen-bond acceptors (Lipinski definition) is 3. The molecule has 0 fully saturated rings. The third-order valence-electron chi connectivity index (χ3n) is 3.62. The van der Waals surface area contributed by atoms with E-state index in [9.17, 15) is 0 Å². The molecule has 0 bridgehead atoms. The number of nitrogens with zero attached hydrogens (tertiary/aromatic N) is 1. The second kappa shape index (κ2) is 5.21. The van der Waals surface area contributed by atoms with Crippen molar-refractivity contribution in [3.8, 4) is 0 Å². The summed E-state index contributed by atoms with van der Waals surface area (Å²) in [5.74, 6) is 0.621. The summed E-state index contributed by atoms with van der Waals surface area (Å²) in [7, 11) is 1.97. The van der Waals surface area contributed by atoms with E-state index in [1.54, 1.807) is 0 Å². The third-order valence-corrected chi connectivity index (χ3v) is 4.68. The molecule has 1 aliphatic carbocycles. The predicted octanol–water partition coefficient (Wildman–Crippen LogP) is 3.14. The van der Waals surface area contributed by atoms with Gasteiger partial charge >= 0.3 is 0 Å². The monoisotopic (exact) mass is 258 g/mol. The zero-order valence-electron chi connectivity index (χ0n) is 10.6. The van der Waals surface area contributed by atoms with Crippen molar-refractivity contribution in [2.45, 2.75) is 31.7 Å². The summed E-state index contributed by atoms with van der Waals surface area (Å²) in [4.78, 5) is 4.75. The van der Waals surface area contributed by atoms with Crippen LogP contribution in [-0.4, -0.2) is 12.0 Å². The second-order valence-electron chi connectivity index (χ2n) is 4.92. The lowest BCUT2D eigenvalue weighted by Crippen LogP contribution is -2.13. The van der Waals surface area contributed by atoms with Crippen LogP contribution in [0.3, 0.4) is 0 Å². The average Bonchev–Trinajstić information content (AvgIpc) is 2.87. The van der Waals surface area contributed by atoms with Crippen molar-refractivity contribution in [2.24, 2.45) is 0 Å². The topological polar surface area (TPSA) is 24.9 Å². The SMILES string of the molecule is CNCc1csc(C2CCc3ccccc3C2)n1. The zero-order valence-corrected chi connectivity index (χ0v) is 11.5. The van der Waals surface area contributed by atoms with Gasteiger partial charge in [-0.15, -0.1) is 11.3 Å². The first-order chi connectivity index (χ1) is 8.86. The molecule has 1 N–H and O–H groups in total. The van der Waals surface area contributed by atoms with Crippen molar-refractivity contribution in [3.05, 3.63) is 51.5 Å². The summed E-state index contributed by atoms with van der Waals surface area (Å²) < 4.78 is 0. The summed E-state index contributed by atoms with van der Waals surface area (Å²) >= 11 is 1.82. The highest BCUT2D eigenvalue weighted by Crippen LogP contribution is 2.33. The smallest absolute Gasteiger partial charge is 0.0963 e. The highest BCUT2D eigenvalue weighted by molar-refractivity contribution is 7.09. The quantitative estimate of drug-likeness (QED) is 0.915. The van der Waals surface area contributed by atoms with Crippen LogP contribution < -0.4 is 5.32 Å². The van der Waals surface area contributed by atoms with Crippen LogP contribution in [0.25, 0.3) is 0 Å². The van der Waals surface area contributed by atoms with Gasteiger partial charge in [0.05, 0.1) is 10.7 Å². The summed E-state index contributed by atoms with van der Waals surface area (Å²) in [6.07, 6.45) is 3.59. The summed E-state index contributed by atoms with van der Waals surface area (Å²) in [5.41, 5.74) is 4.22. The molecule has 1 unspecified atom stereocenters. The average molecular weight is 258 g/mol. The number of rotatable bonds is 3. The van der Waals surface area contributed by atoms with Gasteiger partial charge in [0, 0.05) is 17.8 Å². The van der Waals surface area contributed by atoms with E-state index < -0.39 is 0 Å². The fraction of sp³-hybridized carbons (Fsp3) is 0.400. The molecule has 1 heterocycles. The fourth-order valence-electron chi connectivity index (χ4n) is 2.68. The van der Waals surface area contributed by atoms with Crippen molar-refractivity contribution in [2.75, 3.05) is 7.05 Å². The minimum atomic E-state index is 0.621. The Labute approximate surface area is 112 Å². The van der Waals surface area contributed by atoms with E-state index in [4.69, 9.17) is 4.98 Å². The maximum absolute atomic E-state index is 4.75. The number of fused-ring (bicyclic) bond motifs is 1. The van der Waals surface area contributed by atoms with Gasteiger partial charge in [0.2, 0.25) is 0 Å². The first-order valence-corrected chi connectivity index (χ1v) is 7.40. The number of aromatic nitrogens is 1. The molecule has 94 valence electrons. The van der Waals surface area contributed by atoms with Crippen LogP contribution in [0.15, 0.2) is 29.6 Å². The lowest BCUT2D eigenvalue weighted by atomic mass is 9.84. The maximum Gasteiger partial charge on any atom is 0.0963 e. The highest BCUT2D eigenvalue weighted by Gasteiger charge is 2.22. The number of thiazole rings is 1. The molecule has 1 aliphatic rings. The Hall–Kier alpha value is -1.19. The molecule has 2 nitrogen and oxygen atoms in total. The van der Waals surface area contributed by atoms with Crippen molar-refractivity contribution >= 4 is 11.3 Å². The molecule has 0 radical (unpaired) electrons. The minimum Gasteiger partial charge on any atom is -0.314 e. The molecule has 0 saturated carbocycles. The van der Waals surface area contributed by atoms with E-state index in [0.717, 1.165) is 13.0 Å². The molecule has 1 aromatic carbocycles. The molecule has 0 amide bonds. The van der Waals surface area contributed by atoms with Crippen LogP contribution in [0.2, 0.25) is 0 Å². The second-order valence-corrected chi connectivity index (χ2v) is 5.81. The van der Waals surface area contributed by atoms with Crippen LogP contribution >= 0.6 is 11.3 Å². The van der Waals surface area contributed by atoms with Crippen LogP contribution in [-0.2, 0) is 19.4 Å². The molecule has 3 heteroatoms. The van der Waals surface area contributed by atoms with E-state index >= 15 is 0 Å². The largest absolute Gasteiger partial charge is 0.314 e. The van der Waals surface area contributed by atoms with Gasteiger partial charge in [0.1, 0.15) is 0 Å². The predicted molar refractivity (Wildman–Crippen MR) is 76.1 cm³/mol. The Balaban J connectivity index is 1.78. The Morgan fingerprint density at radius 2 is 2.17 bits per heavy atom. The highest BCUT2D eigenvalue weighted by atomic mass is 32.1. The first kappa shape index (κ1) is 11.9. The van der Waals surface area contributed by atoms with E-state index in [1.165, 1.54) is 34.7 Å². The molecule has 0 saturated heterocycles. The van der Waals surface area contributed by atoms with Gasteiger partial charge < -0.3 is 5.32 Å². The number of benzene rings is 1. The molecule has 18 heavy (non-hydrogen) atoms. The third kappa shape index (κ3) is 2.33.